The maximum atomic E-state index is 6.16. The minimum Gasteiger partial charge on any atom is -0.233 e. The number of rotatable bonds is 1. The van der Waals surface area contributed by atoms with Gasteiger partial charge < -0.3 is 0 Å². The lowest BCUT2D eigenvalue weighted by Gasteiger charge is -2.07. The first-order chi connectivity index (χ1) is 7.99. The molecule has 0 aliphatic carbocycles. The Morgan fingerprint density at radius 2 is 1.82 bits per heavy atom. The van der Waals surface area contributed by atoms with Crippen LogP contribution < -0.4 is 0 Å². The van der Waals surface area contributed by atoms with Gasteiger partial charge in [-0.2, -0.15) is 0 Å². The van der Waals surface area contributed by atoms with Crippen LogP contribution in [0.15, 0.2) is 22.7 Å². The highest BCUT2D eigenvalue weighted by molar-refractivity contribution is 9.10. The van der Waals surface area contributed by atoms with Gasteiger partial charge in [0.05, 0.1) is 5.02 Å². The predicted molar refractivity (Wildman–Crippen MR) is 74.7 cm³/mol. The minimum absolute atomic E-state index is 0.464. The molecule has 0 saturated carbocycles. The van der Waals surface area contributed by atoms with E-state index in [1.807, 2.05) is 32.0 Å². The van der Waals surface area contributed by atoms with Crippen molar-refractivity contribution in [3.8, 4) is 11.4 Å². The maximum Gasteiger partial charge on any atom is 0.162 e. The molecule has 1 aromatic heterocycles. The van der Waals surface area contributed by atoms with Crippen molar-refractivity contribution < 1.29 is 0 Å². The van der Waals surface area contributed by atoms with Gasteiger partial charge in [0.2, 0.25) is 0 Å². The molecule has 2 rings (SSSR count). The van der Waals surface area contributed by atoms with Crippen molar-refractivity contribution >= 4 is 39.1 Å². The molecule has 0 radical (unpaired) electrons. The molecule has 0 aliphatic heterocycles. The topological polar surface area (TPSA) is 25.8 Å². The maximum absolute atomic E-state index is 6.16. The van der Waals surface area contributed by atoms with Crippen LogP contribution in [0.5, 0.6) is 0 Å². The van der Waals surface area contributed by atoms with E-state index in [4.69, 9.17) is 23.2 Å². The molecule has 0 amide bonds. The summed E-state index contributed by atoms with van der Waals surface area (Å²) in [4.78, 5) is 8.65. The number of halogens is 3. The van der Waals surface area contributed by atoms with Gasteiger partial charge in [-0.15, -0.1) is 0 Å². The fraction of sp³-hybridized carbons (Fsp3) is 0.167. The summed E-state index contributed by atoms with van der Waals surface area (Å²) in [5.41, 5.74) is 2.53. The van der Waals surface area contributed by atoms with Crippen LogP contribution in [-0.4, -0.2) is 9.97 Å². The molecule has 0 saturated heterocycles. The van der Waals surface area contributed by atoms with Gasteiger partial charge in [0.25, 0.3) is 0 Å². The molecule has 1 aromatic carbocycles. The molecule has 5 heteroatoms. The van der Waals surface area contributed by atoms with Crippen LogP contribution in [0.3, 0.4) is 0 Å². The van der Waals surface area contributed by atoms with Crippen molar-refractivity contribution in [2.24, 2.45) is 0 Å². The summed E-state index contributed by atoms with van der Waals surface area (Å²) in [5.74, 6) is 0.551. The minimum atomic E-state index is 0.464. The van der Waals surface area contributed by atoms with E-state index in [1.54, 1.807) is 0 Å². The SMILES string of the molecule is Cc1nc(-c2ccc(Br)cc2Cl)nc(Cl)c1C. The van der Waals surface area contributed by atoms with Crippen molar-refractivity contribution in [1.82, 2.24) is 9.97 Å². The molecule has 88 valence electrons. The zero-order chi connectivity index (χ0) is 12.6. The molecule has 0 atom stereocenters. The number of benzene rings is 1. The number of aromatic nitrogens is 2. The van der Waals surface area contributed by atoms with Crippen molar-refractivity contribution in [2.75, 3.05) is 0 Å². The Labute approximate surface area is 118 Å². The molecule has 0 aliphatic rings. The average molecular weight is 332 g/mol. The van der Waals surface area contributed by atoms with E-state index in [9.17, 15) is 0 Å². The fourth-order valence-electron chi connectivity index (χ4n) is 1.39. The van der Waals surface area contributed by atoms with E-state index >= 15 is 0 Å². The second-order valence-electron chi connectivity index (χ2n) is 3.67. The number of aryl methyl sites for hydroxylation is 1. The first-order valence-electron chi connectivity index (χ1n) is 4.95. The van der Waals surface area contributed by atoms with E-state index in [0.29, 0.717) is 16.0 Å². The van der Waals surface area contributed by atoms with Gasteiger partial charge in [-0.25, -0.2) is 9.97 Å². The van der Waals surface area contributed by atoms with Gasteiger partial charge in [0.15, 0.2) is 5.82 Å². The quantitative estimate of drug-likeness (QED) is 0.699. The lowest BCUT2D eigenvalue weighted by molar-refractivity contribution is 1.07. The van der Waals surface area contributed by atoms with Crippen LogP contribution >= 0.6 is 39.1 Å². The predicted octanol–water partition coefficient (Wildman–Crippen LogP) is 4.83. The summed E-state index contributed by atoms with van der Waals surface area (Å²) >= 11 is 15.6. The van der Waals surface area contributed by atoms with Crippen molar-refractivity contribution in [3.05, 3.63) is 44.1 Å². The van der Waals surface area contributed by atoms with Crippen molar-refractivity contribution in [1.29, 1.82) is 0 Å². The Balaban J connectivity index is 2.61. The van der Waals surface area contributed by atoms with Crippen LogP contribution in [0, 0.1) is 13.8 Å². The molecule has 0 fully saturated rings. The van der Waals surface area contributed by atoms with Crippen molar-refractivity contribution in [3.63, 3.8) is 0 Å². The highest BCUT2D eigenvalue weighted by Gasteiger charge is 2.11. The second-order valence-corrected chi connectivity index (χ2v) is 5.35. The smallest absolute Gasteiger partial charge is 0.162 e. The fourth-order valence-corrected chi connectivity index (χ4v) is 2.36. The molecule has 2 nitrogen and oxygen atoms in total. The number of hydrogen-bond donors (Lipinski definition) is 0. The number of nitrogens with zero attached hydrogens (tertiary/aromatic N) is 2. The van der Waals surface area contributed by atoms with Gasteiger partial charge in [-0.1, -0.05) is 39.1 Å². The van der Waals surface area contributed by atoms with Gasteiger partial charge in [-0.05, 0) is 32.0 Å². The first-order valence-corrected chi connectivity index (χ1v) is 6.50. The second kappa shape index (κ2) is 4.92. The highest BCUT2D eigenvalue weighted by Crippen LogP contribution is 2.29. The first kappa shape index (κ1) is 12.8. The Bertz CT molecular complexity index is 562. The monoisotopic (exact) mass is 330 g/mol. The average Bonchev–Trinajstić information content (AvgIpc) is 2.25. The lowest BCUT2D eigenvalue weighted by atomic mass is 10.2. The van der Waals surface area contributed by atoms with Gasteiger partial charge in [-0.3, -0.25) is 0 Å². The molecule has 0 spiro atoms. The van der Waals surface area contributed by atoms with Crippen LogP contribution in [0.4, 0.5) is 0 Å². The third kappa shape index (κ3) is 2.62. The number of hydrogen-bond acceptors (Lipinski definition) is 2. The largest absolute Gasteiger partial charge is 0.233 e. The normalized spacial score (nSPS) is 10.6. The molecular weight excluding hydrogens is 323 g/mol. The molecule has 0 unspecified atom stereocenters. The summed E-state index contributed by atoms with van der Waals surface area (Å²) in [5, 5.41) is 1.06. The van der Waals surface area contributed by atoms with Crippen LogP contribution in [0.2, 0.25) is 10.2 Å². The summed E-state index contributed by atoms with van der Waals surface area (Å²) < 4.78 is 0.918. The van der Waals surface area contributed by atoms with Gasteiger partial charge in [0, 0.05) is 21.3 Å². The van der Waals surface area contributed by atoms with Gasteiger partial charge >= 0.3 is 0 Å². The lowest BCUT2D eigenvalue weighted by Crippen LogP contribution is -1.97. The summed E-state index contributed by atoms with van der Waals surface area (Å²) in [6.45, 7) is 3.80. The van der Waals surface area contributed by atoms with E-state index in [2.05, 4.69) is 25.9 Å². The molecule has 17 heavy (non-hydrogen) atoms. The van der Waals surface area contributed by atoms with Gasteiger partial charge in [0.1, 0.15) is 5.15 Å². The standard InChI is InChI=1S/C12H9BrCl2N2/c1-6-7(2)16-12(17-11(6)15)9-4-3-8(13)5-10(9)14/h3-5H,1-2H3. The van der Waals surface area contributed by atoms with Crippen molar-refractivity contribution in [2.45, 2.75) is 13.8 Å². The van der Waals surface area contributed by atoms with Crippen LogP contribution in [-0.2, 0) is 0 Å². The Hall–Kier alpha value is -0.640. The van der Waals surface area contributed by atoms with Crippen LogP contribution in [0.25, 0.3) is 11.4 Å². The Morgan fingerprint density at radius 1 is 1.12 bits per heavy atom. The molecule has 1 heterocycles. The van der Waals surface area contributed by atoms with E-state index in [1.165, 1.54) is 0 Å². The Kier molecular flexibility index (Phi) is 3.71. The molecule has 2 aromatic rings. The summed E-state index contributed by atoms with van der Waals surface area (Å²) in [6, 6.07) is 5.57. The van der Waals surface area contributed by atoms with E-state index in [-0.39, 0.29) is 0 Å². The molecular formula is C12H9BrCl2N2. The highest BCUT2D eigenvalue weighted by atomic mass is 79.9. The van der Waals surface area contributed by atoms with E-state index in [0.717, 1.165) is 21.3 Å². The molecule has 0 bridgehead atoms. The summed E-state index contributed by atoms with van der Waals surface area (Å²) in [6.07, 6.45) is 0. The zero-order valence-corrected chi connectivity index (χ0v) is 12.4. The zero-order valence-electron chi connectivity index (χ0n) is 9.26. The van der Waals surface area contributed by atoms with E-state index < -0.39 is 0 Å². The van der Waals surface area contributed by atoms with Crippen LogP contribution in [0.1, 0.15) is 11.3 Å². The third-order valence-corrected chi connectivity index (χ3v) is 3.68. The Morgan fingerprint density at radius 3 is 2.41 bits per heavy atom. The summed E-state index contributed by atoms with van der Waals surface area (Å²) in [7, 11) is 0. The molecule has 0 N–H and O–H groups in total. The third-order valence-electron chi connectivity index (χ3n) is 2.50.